The molecule has 3 aromatic carbocycles. The maximum absolute atomic E-state index is 13.7. The standard InChI is InChI=1S/C30H29N5O4/c1-18-9-11-20(12-10-18)33-29(36)24-17-31-35-27(23-7-5-6-8-25(23)39-4)26(19(2)32-28(24)35)30(37)34-21-13-15-22(38-3)16-14-21/h5-17,27,32H,1-4H3,(H,33,36)(H,34,37). The quantitative estimate of drug-likeness (QED) is 0.300. The Labute approximate surface area is 226 Å². The molecular weight excluding hydrogens is 494 g/mol. The zero-order valence-corrected chi connectivity index (χ0v) is 22.1. The van der Waals surface area contributed by atoms with E-state index in [1.165, 1.54) is 6.20 Å². The number of aryl methyl sites for hydroxylation is 1. The van der Waals surface area contributed by atoms with Gasteiger partial charge in [0.2, 0.25) is 0 Å². The predicted octanol–water partition coefficient (Wildman–Crippen LogP) is 5.39. The van der Waals surface area contributed by atoms with Gasteiger partial charge in [0.05, 0.1) is 26.0 Å². The zero-order valence-electron chi connectivity index (χ0n) is 22.1. The van der Waals surface area contributed by atoms with E-state index in [0.717, 1.165) is 11.1 Å². The van der Waals surface area contributed by atoms with E-state index in [2.05, 4.69) is 21.0 Å². The number of para-hydroxylation sites is 1. The average molecular weight is 524 g/mol. The van der Waals surface area contributed by atoms with Gasteiger partial charge in [-0.1, -0.05) is 35.9 Å². The summed E-state index contributed by atoms with van der Waals surface area (Å²) in [5.41, 5.74) is 4.50. The average Bonchev–Trinajstić information content (AvgIpc) is 3.37. The second-order valence-corrected chi connectivity index (χ2v) is 9.16. The molecule has 0 bridgehead atoms. The molecule has 1 aromatic heterocycles. The van der Waals surface area contributed by atoms with E-state index in [1.54, 1.807) is 43.2 Å². The molecule has 0 aliphatic carbocycles. The summed E-state index contributed by atoms with van der Waals surface area (Å²) >= 11 is 0. The van der Waals surface area contributed by atoms with Crippen LogP contribution in [0.1, 0.15) is 34.5 Å². The molecule has 4 aromatic rings. The molecule has 1 unspecified atom stereocenters. The fourth-order valence-electron chi connectivity index (χ4n) is 4.60. The van der Waals surface area contributed by atoms with Gasteiger partial charge in [-0.3, -0.25) is 9.59 Å². The first kappa shape index (κ1) is 25.6. The number of methoxy groups -OCH3 is 2. The zero-order chi connectivity index (χ0) is 27.5. The van der Waals surface area contributed by atoms with E-state index in [1.807, 2.05) is 62.4 Å². The number of carbonyl (C=O) groups excluding carboxylic acids is 2. The third kappa shape index (κ3) is 5.06. The second kappa shape index (κ2) is 10.7. The third-order valence-electron chi connectivity index (χ3n) is 6.60. The van der Waals surface area contributed by atoms with Crippen molar-refractivity contribution in [3.8, 4) is 11.5 Å². The minimum atomic E-state index is -0.656. The van der Waals surface area contributed by atoms with Crippen LogP contribution in [0.2, 0.25) is 0 Å². The Morgan fingerprint density at radius 1 is 0.846 bits per heavy atom. The Morgan fingerprint density at radius 3 is 2.15 bits per heavy atom. The number of nitrogens with one attached hydrogen (secondary N) is 3. The van der Waals surface area contributed by atoms with Crippen LogP contribution in [-0.4, -0.2) is 35.8 Å². The number of aromatic nitrogens is 2. The summed E-state index contributed by atoms with van der Waals surface area (Å²) in [6.45, 7) is 3.79. The summed E-state index contributed by atoms with van der Waals surface area (Å²) < 4.78 is 12.5. The van der Waals surface area contributed by atoms with Gasteiger partial charge in [0.1, 0.15) is 28.9 Å². The maximum Gasteiger partial charge on any atom is 0.261 e. The lowest BCUT2D eigenvalue weighted by molar-refractivity contribution is -0.113. The second-order valence-electron chi connectivity index (χ2n) is 9.16. The number of benzene rings is 3. The SMILES string of the molecule is COc1ccc(NC(=O)C2=C(C)Nc3c(C(=O)Nc4ccc(C)cc4)cnn3C2c2ccccc2OC)cc1. The molecule has 1 aliphatic heterocycles. The van der Waals surface area contributed by atoms with Crippen LogP contribution in [-0.2, 0) is 4.79 Å². The number of amides is 2. The van der Waals surface area contributed by atoms with Crippen LogP contribution in [0.25, 0.3) is 0 Å². The van der Waals surface area contributed by atoms with Gasteiger partial charge in [0.15, 0.2) is 0 Å². The van der Waals surface area contributed by atoms with E-state index in [0.29, 0.717) is 45.5 Å². The largest absolute Gasteiger partial charge is 0.497 e. The van der Waals surface area contributed by atoms with Crippen LogP contribution in [0.4, 0.5) is 17.2 Å². The van der Waals surface area contributed by atoms with Gasteiger partial charge in [-0.15, -0.1) is 0 Å². The highest BCUT2D eigenvalue weighted by Gasteiger charge is 2.36. The lowest BCUT2D eigenvalue weighted by atomic mass is 9.93. The van der Waals surface area contributed by atoms with E-state index in [9.17, 15) is 9.59 Å². The summed E-state index contributed by atoms with van der Waals surface area (Å²) in [5.74, 6) is 1.14. The number of anilines is 3. The first-order chi connectivity index (χ1) is 18.9. The molecule has 2 heterocycles. The first-order valence-electron chi connectivity index (χ1n) is 12.4. The van der Waals surface area contributed by atoms with E-state index >= 15 is 0 Å². The molecule has 0 radical (unpaired) electrons. The van der Waals surface area contributed by atoms with Gasteiger partial charge >= 0.3 is 0 Å². The van der Waals surface area contributed by atoms with Gasteiger partial charge in [-0.2, -0.15) is 5.10 Å². The van der Waals surface area contributed by atoms with Crippen LogP contribution in [0.5, 0.6) is 11.5 Å². The van der Waals surface area contributed by atoms with Gasteiger partial charge < -0.3 is 25.4 Å². The molecule has 9 heteroatoms. The number of carbonyl (C=O) groups is 2. The van der Waals surface area contributed by atoms with Crippen LogP contribution >= 0.6 is 0 Å². The molecule has 5 rings (SSSR count). The molecule has 1 atom stereocenters. The molecular formula is C30H29N5O4. The molecule has 2 amide bonds. The van der Waals surface area contributed by atoms with Crippen LogP contribution in [0.15, 0.2) is 90.3 Å². The van der Waals surface area contributed by atoms with Gasteiger partial charge in [0, 0.05) is 22.6 Å². The van der Waals surface area contributed by atoms with Crippen LogP contribution < -0.4 is 25.4 Å². The Kier molecular flexibility index (Phi) is 7.05. The Bertz CT molecular complexity index is 1560. The summed E-state index contributed by atoms with van der Waals surface area (Å²) in [5, 5.41) is 13.7. The number of ether oxygens (including phenoxy) is 2. The Balaban J connectivity index is 1.54. The lowest BCUT2D eigenvalue weighted by Crippen LogP contribution is -2.32. The molecule has 0 fully saturated rings. The Morgan fingerprint density at radius 2 is 1.49 bits per heavy atom. The van der Waals surface area contributed by atoms with Crippen LogP contribution in [0, 0.1) is 6.92 Å². The predicted molar refractivity (Wildman–Crippen MR) is 150 cm³/mol. The molecule has 0 saturated carbocycles. The third-order valence-corrected chi connectivity index (χ3v) is 6.60. The number of hydrogen-bond donors (Lipinski definition) is 3. The lowest BCUT2D eigenvalue weighted by Gasteiger charge is -2.31. The highest BCUT2D eigenvalue weighted by molar-refractivity contribution is 6.09. The van der Waals surface area contributed by atoms with Crippen molar-refractivity contribution in [2.45, 2.75) is 19.9 Å². The first-order valence-corrected chi connectivity index (χ1v) is 12.4. The molecule has 39 heavy (non-hydrogen) atoms. The molecule has 3 N–H and O–H groups in total. The molecule has 198 valence electrons. The van der Waals surface area contributed by atoms with Crippen molar-refractivity contribution in [2.75, 3.05) is 30.2 Å². The van der Waals surface area contributed by atoms with Gasteiger partial charge in [-0.05, 0) is 56.3 Å². The van der Waals surface area contributed by atoms with E-state index in [4.69, 9.17) is 9.47 Å². The Hall–Kier alpha value is -5.05. The van der Waals surface area contributed by atoms with Crippen molar-refractivity contribution in [2.24, 2.45) is 0 Å². The monoisotopic (exact) mass is 523 g/mol. The maximum atomic E-state index is 13.7. The van der Waals surface area contributed by atoms with Crippen molar-refractivity contribution in [1.82, 2.24) is 9.78 Å². The fraction of sp³-hybridized carbons (Fsp3) is 0.167. The van der Waals surface area contributed by atoms with Crippen molar-refractivity contribution in [3.05, 3.63) is 107 Å². The van der Waals surface area contributed by atoms with Crippen molar-refractivity contribution in [3.63, 3.8) is 0 Å². The van der Waals surface area contributed by atoms with Crippen molar-refractivity contribution < 1.29 is 19.1 Å². The molecule has 0 saturated heterocycles. The van der Waals surface area contributed by atoms with Crippen molar-refractivity contribution in [1.29, 1.82) is 0 Å². The number of hydrogen-bond acceptors (Lipinski definition) is 6. The van der Waals surface area contributed by atoms with Gasteiger partial charge in [-0.25, -0.2) is 4.68 Å². The number of fused-ring (bicyclic) bond motifs is 1. The summed E-state index contributed by atoms with van der Waals surface area (Å²) in [6.07, 6.45) is 1.51. The molecule has 9 nitrogen and oxygen atoms in total. The summed E-state index contributed by atoms with van der Waals surface area (Å²) in [7, 11) is 3.17. The molecule has 0 spiro atoms. The summed E-state index contributed by atoms with van der Waals surface area (Å²) in [6, 6.07) is 21.5. The van der Waals surface area contributed by atoms with Gasteiger partial charge in [0.25, 0.3) is 11.8 Å². The number of rotatable bonds is 7. The minimum absolute atomic E-state index is 0.312. The van der Waals surface area contributed by atoms with E-state index in [-0.39, 0.29) is 11.8 Å². The number of allylic oxidation sites excluding steroid dienone is 1. The molecule has 1 aliphatic rings. The fourth-order valence-corrected chi connectivity index (χ4v) is 4.60. The van der Waals surface area contributed by atoms with E-state index < -0.39 is 6.04 Å². The topological polar surface area (TPSA) is 107 Å². The summed E-state index contributed by atoms with van der Waals surface area (Å²) in [4.78, 5) is 27.0. The van der Waals surface area contributed by atoms with Crippen LogP contribution in [0.3, 0.4) is 0 Å². The minimum Gasteiger partial charge on any atom is -0.497 e. The number of nitrogens with zero attached hydrogens (tertiary/aromatic N) is 2. The smallest absolute Gasteiger partial charge is 0.261 e. The van der Waals surface area contributed by atoms with Crippen molar-refractivity contribution >= 4 is 29.0 Å². The highest BCUT2D eigenvalue weighted by Crippen LogP contribution is 2.41. The normalized spacial score (nSPS) is 14.2. The highest BCUT2D eigenvalue weighted by atomic mass is 16.5.